The lowest BCUT2D eigenvalue weighted by atomic mass is 10.0. The van der Waals surface area contributed by atoms with Crippen LogP contribution < -0.4 is 10.5 Å². The molecular formula is C21H28N4O. The van der Waals surface area contributed by atoms with Gasteiger partial charge in [-0.25, -0.2) is 4.98 Å². The second-order valence-electron chi connectivity index (χ2n) is 7.85. The van der Waals surface area contributed by atoms with E-state index in [2.05, 4.69) is 57.9 Å². The van der Waals surface area contributed by atoms with Crippen LogP contribution >= 0.6 is 0 Å². The third-order valence-corrected chi connectivity index (χ3v) is 5.53. The van der Waals surface area contributed by atoms with Crippen molar-refractivity contribution in [2.24, 2.45) is 0 Å². The van der Waals surface area contributed by atoms with E-state index in [1.807, 2.05) is 0 Å². The SMILES string of the molecule is CC(C)c1nc2c(c(=O)[nH]1)CN(Cc1ccc(N3CCCC3)cc1)CC2. The molecule has 1 fully saturated rings. The van der Waals surface area contributed by atoms with Crippen LogP contribution in [0.3, 0.4) is 0 Å². The number of aromatic amines is 1. The zero-order valence-corrected chi connectivity index (χ0v) is 15.8. The summed E-state index contributed by atoms with van der Waals surface area (Å²) >= 11 is 0. The van der Waals surface area contributed by atoms with Crippen LogP contribution in [-0.2, 0) is 19.5 Å². The van der Waals surface area contributed by atoms with Gasteiger partial charge < -0.3 is 9.88 Å². The summed E-state index contributed by atoms with van der Waals surface area (Å²) in [6.07, 6.45) is 3.46. The normalized spacial score (nSPS) is 17.7. The van der Waals surface area contributed by atoms with Gasteiger partial charge in [0, 0.05) is 50.7 Å². The van der Waals surface area contributed by atoms with Crippen LogP contribution in [0, 0.1) is 0 Å². The van der Waals surface area contributed by atoms with E-state index in [-0.39, 0.29) is 11.5 Å². The first kappa shape index (κ1) is 17.3. The molecule has 1 N–H and O–H groups in total. The Kier molecular flexibility index (Phi) is 4.81. The van der Waals surface area contributed by atoms with Gasteiger partial charge in [0.25, 0.3) is 5.56 Å². The van der Waals surface area contributed by atoms with E-state index in [1.165, 1.54) is 37.2 Å². The number of fused-ring (bicyclic) bond motifs is 1. The molecule has 2 aromatic rings. The van der Waals surface area contributed by atoms with Crippen molar-refractivity contribution in [2.75, 3.05) is 24.5 Å². The van der Waals surface area contributed by atoms with Crippen LogP contribution in [0.15, 0.2) is 29.1 Å². The molecule has 3 heterocycles. The van der Waals surface area contributed by atoms with Gasteiger partial charge in [0.2, 0.25) is 0 Å². The van der Waals surface area contributed by atoms with E-state index in [0.717, 1.165) is 36.6 Å². The molecule has 0 bridgehead atoms. The molecule has 1 aromatic carbocycles. The third kappa shape index (κ3) is 3.54. The number of hydrogen-bond donors (Lipinski definition) is 1. The predicted octanol–water partition coefficient (Wildman–Crippen LogP) is 3.05. The molecule has 1 aromatic heterocycles. The zero-order valence-electron chi connectivity index (χ0n) is 15.8. The van der Waals surface area contributed by atoms with Gasteiger partial charge in [-0.1, -0.05) is 26.0 Å². The summed E-state index contributed by atoms with van der Waals surface area (Å²) in [4.78, 5) is 24.9. The molecule has 1 saturated heterocycles. The average Bonchev–Trinajstić information content (AvgIpc) is 3.17. The monoisotopic (exact) mass is 352 g/mol. The number of hydrogen-bond acceptors (Lipinski definition) is 4. The van der Waals surface area contributed by atoms with Crippen LogP contribution in [0.1, 0.15) is 55.3 Å². The zero-order chi connectivity index (χ0) is 18.1. The molecule has 5 nitrogen and oxygen atoms in total. The van der Waals surface area contributed by atoms with Crippen LogP contribution in [0.2, 0.25) is 0 Å². The minimum atomic E-state index is 0.0350. The molecule has 2 aliphatic heterocycles. The summed E-state index contributed by atoms with van der Waals surface area (Å²) in [5.74, 6) is 1.06. The van der Waals surface area contributed by atoms with Crippen molar-refractivity contribution in [3.63, 3.8) is 0 Å². The summed E-state index contributed by atoms with van der Waals surface area (Å²) in [6, 6.07) is 8.94. The van der Waals surface area contributed by atoms with Gasteiger partial charge in [-0.3, -0.25) is 9.69 Å². The fraction of sp³-hybridized carbons (Fsp3) is 0.524. The Morgan fingerprint density at radius 1 is 1.12 bits per heavy atom. The van der Waals surface area contributed by atoms with E-state index >= 15 is 0 Å². The fourth-order valence-electron chi connectivity index (χ4n) is 3.95. The average molecular weight is 352 g/mol. The number of aromatic nitrogens is 2. The number of nitrogens with one attached hydrogen (secondary N) is 1. The van der Waals surface area contributed by atoms with E-state index in [0.29, 0.717) is 6.54 Å². The molecule has 0 amide bonds. The Morgan fingerprint density at radius 3 is 2.54 bits per heavy atom. The van der Waals surface area contributed by atoms with Gasteiger partial charge in [-0.2, -0.15) is 0 Å². The van der Waals surface area contributed by atoms with Crippen molar-refractivity contribution < 1.29 is 0 Å². The highest BCUT2D eigenvalue weighted by molar-refractivity contribution is 5.48. The molecule has 0 unspecified atom stereocenters. The number of nitrogens with zero attached hydrogens (tertiary/aromatic N) is 3. The molecule has 0 aliphatic carbocycles. The molecule has 0 spiro atoms. The van der Waals surface area contributed by atoms with Crippen molar-refractivity contribution in [3.05, 3.63) is 57.3 Å². The maximum absolute atomic E-state index is 12.5. The van der Waals surface area contributed by atoms with Crippen molar-refractivity contribution in [1.29, 1.82) is 0 Å². The second kappa shape index (κ2) is 7.23. The molecule has 2 aliphatic rings. The summed E-state index contributed by atoms with van der Waals surface area (Å²) in [6.45, 7) is 8.99. The standard InChI is InChI=1S/C21H28N4O/c1-15(2)20-22-19-9-12-24(14-18(19)21(26)23-20)13-16-5-7-17(8-6-16)25-10-3-4-11-25/h5-8,15H,3-4,9-14H2,1-2H3,(H,22,23,26). The summed E-state index contributed by atoms with van der Waals surface area (Å²) in [5.41, 5.74) is 4.50. The molecular weight excluding hydrogens is 324 g/mol. The Labute approximate surface area is 155 Å². The molecule has 4 rings (SSSR count). The minimum Gasteiger partial charge on any atom is -0.372 e. The third-order valence-electron chi connectivity index (χ3n) is 5.53. The highest BCUT2D eigenvalue weighted by Gasteiger charge is 2.22. The second-order valence-corrected chi connectivity index (χ2v) is 7.85. The Hall–Kier alpha value is -2.14. The molecule has 26 heavy (non-hydrogen) atoms. The van der Waals surface area contributed by atoms with Crippen molar-refractivity contribution in [1.82, 2.24) is 14.9 Å². The first-order chi connectivity index (χ1) is 12.6. The summed E-state index contributed by atoms with van der Waals surface area (Å²) < 4.78 is 0. The van der Waals surface area contributed by atoms with Gasteiger partial charge in [0.15, 0.2) is 0 Å². The van der Waals surface area contributed by atoms with Crippen LogP contribution in [0.25, 0.3) is 0 Å². The van der Waals surface area contributed by atoms with E-state index in [1.54, 1.807) is 0 Å². The molecule has 138 valence electrons. The van der Waals surface area contributed by atoms with Crippen molar-refractivity contribution in [3.8, 4) is 0 Å². The largest absolute Gasteiger partial charge is 0.372 e. The lowest BCUT2D eigenvalue weighted by molar-refractivity contribution is 0.241. The first-order valence-electron chi connectivity index (χ1n) is 9.78. The number of benzene rings is 1. The number of H-pyrrole nitrogens is 1. The quantitative estimate of drug-likeness (QED) is 0.919. The molecule has 5 heteroatoms. The highest BCUT2D eigenvalue weighted by Crippen LogP contribution is 2.22. The molecule has 0 saturated carbocycles. The topological polar surface area (TPSA) is 52.2 Å². The highest BCUT2D eigenvalue weighted by atomic mass is 16.1. The maximum atomic E-state index is 12.5. The van der Waals surface area contributed by atoms with E-state index in [4.69, 9.17) is 0 Å². The summed E-state index contributed by atoms with van der Waals surface area (Å²) in [7, 11) is 0. The molecule has 0 atom stereocenters. The van der Waals surface area contributed by atoms with E-state index in [9.17, 15) is 4.79 Å². The molecule has 0 radical (unpaired) electrons. The van der Waals surface area contributed by atoms with Gasteiger partial charge >= 0.3 is 0 Å². The van der Waals surface area contributed by atoms with Crippen molar-refractivity contribution >= 4 is 5.69 Å². The lowest BCUT2D eigenvalue weighted by Crippen LogP contribution is -2.36. The number of rotatable bonds is 4. The number of anilines is 1. The van der Waals surface area contributed by atoms with Crippen LogP contribution in [0.4, 0.5) is 5.69 Å². The van der Waals surface area contributed by atoms with Crippen LogP contribution in [0.5, 0.6) is 0 Å². The summed E-state index contributed by atoms with van der Waals surface area (Å²) in [5, 5.41) is 0. The smallest absolute Gasteiger partial charge is 0.255 e. The van der Waals surface area contributed by atoms with E-state index < -0.39 is 0 Å². The lowest BCUT2D eigenvalue weighted by Gasteiger charge is -2.28. The Balaban J connectivity index is 1.45. The maximum Gasteiger partial charge on any atom is 0.255 e. The van der Waals surface area contributed by atoms with Gasteiger partial charge in [0.05, 0.1) is 11.3 Å². The fourth-order valence-corrected chi connectivity index (χ4v) is 3.95. The van der Waals surface area contributed by atoms with Crippen LogP contribution in [-0.4, -0.2) is 34.5 Å². The minimum absolute atomic E-state index is 0.0350. The predicted molar refractivity (Wildman–Crippen MR) is 105 cm³/mol. The Morgan fingerprint density at radius 2 is 1.85 bits per heavy atom. The van der Waals surface area contributed by atoms with Gasteiger partial charge in [-0.15, -0.1) is 0 Å². The van der Waals surface area contributed by atoms with Gasteiger partial charge in [-0.05, 0) is 30.5 Å². The Bertz CT molecular complexity index is 819. The van der Waals surface area contributed by atoms with Gasteiger partial charge in [0.1, 0.15) is 5.82 Å². The van der Waals surface area contributed by atoms with Crippen molar-refractivity contribution in [2.45, 2.75) is 52.1 Å². The first-order valence-corrected chi connectivity index (χ1v) is 9.78.